The highest BCUT2D eigenvalue weighted by atomic mass is 19.1. The van der Waals surface area contributed by atoms with Gasteiger partial charge >= 0.3 is 0 Å². The van der Waals surface area contributed by atoms with Gasteiger partial charge in [-0.2, -0.15) is 0 Å². The lowest BCUT2D eigenvalue weighted by Gasteiger charge is -2.31. The number of hydrogen-bond donors (Lipinski definition) is 1. The van der Waals surface area contributed by atoms with Crippen LogP contribution in [0.15, 0.2) is 30.7 Å². The van der Waals surface area contributed by atoms with E-state index in [1.165, 1.54) is 13.2 Å². The van der Waals surface area contributed by atoms with Gasteiger partial charge in [0.05, 0.1) is 37.5 Å². The predicted molar refractivity (Wildman–Crippen MR) is 92.3 cm³/mol. The molecule has 26 heavy (non-hydrogen) atoms. The van der Waals surface area contributed by atoms with E-state index in [2.05, 4.69) is 14.9 Å². The van der Waals surface area contributed by atoms with Crippen LogP contribution in [0, 0.1) is 11.6 Å². The molecule has 3 aromatic rings. The normalized spacial score (nSPS) is 15.6. The second kappa shape index (κ2) is 6.53. The summed E-state index contributed by atoms with van der Waals surface area (Å²) in [6.07, 6.45) is 5.83. The number of imidazole rings is 1. The third-order valence-corrected chi connectivity index (χ3v) is 4.68. The number of aliphatic hydroxyl groups is 1. The second-order valence-electron chi connectivity index (χ2n) is 6.29. The molecular weight excluding hydrogens is 342 g/mol. The van der Waals surface area contributed by atoms with E-state index >= 15 is 0 Å². The van der Waals surface area contributed by atoms with Gasteiger partial charge in [0.1, 0.15) is 11.6 Å². The first-order valence-corrected chi connectivity index (χ1v) is 8.36. The quantitative estimate of drug-likeness (QED) is 0.778. The zero-order valence-corrected chi connectivity index (χ0v) is 14.2. The van der Waals surface area contributed by atoms with E-state index in [1.807, 2.05) is 0 Å². The van der Waals surface area contributed by atoms with Crippen molar-refractivity contribution in [2.45, 2.75) is 18.9 Å². The maximum atomic E-state index is 14.2. The Labute approximate surface area is 148 Å². The lowest BCUT2D eigenvalue weighted by atomic mass is 10.1. The Morgan fingerprint density at radius 3 is 2.65 bits per heavy atom. The lowest BCUT2D eigenvalue weighted by Crippen LogP contribution is -2.36. The van der Waals surface area contributed by atoms with Crippen molar-refractivity contribution < 1.29 is 18.6 Å². The van der Waals surface area contributed by atoms with E-state index in [9.17, 15) is 13.9 Å². The Balaban J connectivity index is 1.90. The summed E-state index contributed by atoms with van der Waals surface area (Å²) in [4.78, 5) is 10.6. The first-order chi connectivity index (χ1) is 12.6. The van der Waals surface area contributed by atoms with Crippen LogP contribution in [0.25, 0.3) is 16.9 Å². The van der Waals surface area contributed by atoms with Crippen LogP contribution in [0.1, 0.15) is 12.8 Å². The van der Waals surface area contributed by atoms with Crippen molar-refractivity contribution in [1.29, 1.82) is 0 Å². The summed E-state index contributed by atoms with van der Waals surface area (Å²) >= 11 is 0. The zero-order valence-electron chi connectivity index (χ0n) is 14.2. The number of nitrogens with zero attached hydrogens (tertiary/aromatic N) is 4. The highest BCUT2D eigenvalue weighted by Crippen LogP contribution is 2.35. The van der Waals surface area contributed by atoms with Crippen LogP contribution < -0.4 is 9.64 Å². The predicted octanol–water partition coefficient (Wildman–Crippen LogP) is 2.64. The van der Waals surface area contributed by atoms with E-state index < -0.39 is 11.6 Å². The summed E-state index contributed by atoms with van der Waals surface area (Å²) < 4.78 is 35.0. The average Bonchev–Trinajstić information content (AvgIpc) is 3.06. The molecule has 1 aromatic carbocycles. The number of aromatic nitrogens is 3. The van der Waals surface area contributed by atoms with Gasteiger partial charge in [0, 0.05) is 24.7 Å². The van der Waals surface area contributed by atoms with Crippen LogP contribution >= 0.6 is 0 Å². The summed E-state index contributed by atoms with van der Waals surface area (Å²) in [6.45, 7) is 1.32. The first kappa shape index (κ1) is 16.7. The van der Waals surface area contributed by atoms with Gasteiger partial charge in [-0.1, -0.05) is 0 Å². The van der Waals surface area contributed by atoms with E-state index in [0.717, 1.165) is 11.9 Å². The molecule has 0 saturated carbocycles. The van der Waals surface area contributed by atoms with Gasteiger partial charge in [-0.25, -0.2) is 13.8 Å². The van der Waals surface area contributed by atoms with Crippen molar-refractivity contribution >= 4 is 11.5 Å². The molecule has 0 radical (unpaired) electrons. The summed E-state index contributed by atoms with van der Waals surface area (Å²) in [5, 5.41) is 9.75. The number of ether oxygens (including phenoxy) is 1. The first-order valence-electron chi connectivity index (χ1n) is 8.36. The number of aliphatic hydroxyl groups excluding tert-OH is 1. The molecule has 0 aliphatic carbocycles. The number of anilines is 1. The Kier molecular flexibility index (Phi) is 4.20. The number of fused-ring (bicyclic) bond motifs is 1. The number of benzene rings is 1. The molecule has 0 unspecified atom stereocenters. The molecular formula is C18H18F2N4O2. The van der Waals surface area contributed by atoms with Crippen molar-refractivity contribution in [3.05, 3.63) is 42.4 Å². The van der Waals surface area contributed by atoms with Crippen LogP contribution in [-0.2, 0) is 0 Å². The van der Waals surface area contributed by atoms with Crippen LogP contribution in [0.3, 0.4) is 0 Å². The molecule has 1 aliphatic heterocycles. The maximum absolute atomic E-state index is 14.2. The number of halogens is 2. The molecule has 1 saturated heterocycles. The summed E-state index contributed by atoms with van der Waals surface area (Å²) in [7, 11) is 1.34. The van der Waals surface area contributed by atoms with Crippen LogP contribution in [0.5, 0.6) is 5.75 Å². The number of rotatable bonds is 3. The van der Waals surface area contributed by atoms with Gasteiger partial charge in [0.2, 0.25) is 0 Å². The molecule has 2 aromatic heterocycles. The minimum absolute atomic E-state index is 0.0370. The van der Waals surface area contributed by atoms with Gasteiger partial charge in [0.25, 0.3) is 0 Å². The molecule has 136 valence electrons. The van der Waals surface area contributed by atoms with E-state index in [1.54, 1.807) is 23.0 Å². The van der Waals surface area contributed by atoms with Gasteiger partial charge in [0.15, 0.2) is 17.2 Å². The molecule has 0 spiro atoms. The standard InChI is InChI=1S/C18H18F2N4O2/c1-26-18-13(6-11(19)7-14(18)20)15-8-22-16-9-21-10-17(24(15)16)23-4-2-12(25)3-5-23/h6-10,12,25H,2-5H2,1H3. The Hall–Kier alpha value is -2.74. The monoisotopic (exact) mass is 360 g/mol. The molecule has 1 N–H and O–H groups in total. The minimum atomic E-state index is -0.769. The largest absolute Gasteiger partial charge is 0.493 e. The minimum Gasteiger partial charge on any atom is -0.493 e. The van der Waals surface area contributed by atoms with E-state index in [0.29, 0.717) is 37.3 Å². The highest BCUT2D eigenvalue weighted by molar-refractivity contribution is 5.72. The molecule has 1 fully saturated rings. The Bertz CT molecular complexity index is 952. The summed E-state index contributed by atoms with van der Waals surface area (Å²) in [6, 6.07) is 2.02. The molecule has 0 amide bonds. The third kappa shape index (κ3) is 2.76. The van der Waals surface area contributed by atoms with Crippen molar-refractivity contribution in [2.75, 3.05) is 25.1 Å². The summed E-state index contributed by atoms with van der Waals surface area (Å²) in [5.74, 6) is -0.738. The molecule has 3 heterocycles. The number of methoxy groups -OCH3 is 1. The Morgan fingerprint density at radius 2 is 1.92 bits per heavy atom. The van der Waals surface area contributed by atoms with Crippen molar-refractivity contribution in [3.63, 3.8) is 0 Å². The van der Waals surface area contributed by atoms with Crippen LogP contribution in [0.4, 0.5) is 14.6 Å². The fourth-order valence-electron chi connectivity index (χ4n) is 3.39. The topological polar surface area (TPSA) is 62.9 Å². The molecule has 0 atom stereocenters. The molecule has 4 rings (SSSR count). The number of hydrogen-bond acceptors (Lipinski definition) is 5. The fourth-order valence-corrected chi connectivity index (χ4v) is 3.39. The van der Waals surface area contributed by atoms with Gasteiger partial charge in [-0.05, 0) is 18.9 Å². The van der Waals surface area contributed by atoms with Crippen molar-refractivity contribution in [2.24, 2.45) is 0 Å². The SMILES string of the molecule is COc1c(F)cc(F)cc1-c1cnc2cncc(N3CCC(O)CC3)n12. The Morgan fingerprint density at radius 1 is 1.15 bits per heavy atom. The van der Waals surface area contributed by atoms with Gasteiger partial charge < -0.3 is 14.7 Å². The van der Waals surface area contributed by atoms with E-state index in [-0.39, 0.29) is 17.4 Å². The second-order valence-corrected chi connectivity index (χ2v) is 6.29. The van der Waals surface area contributed by atoms with Crippen LogP contribution in [0.2, 0.25) is 0 Å². The molecule has 6 nitrogen and oxygen atoms in total. The molecule has 1 aliphatic rings. The fraction of sp³-hybridized carbons (Fsp3) is 0.333. The average molecular weight is 360 g/mol. The van der Waals surface area contributed by atoms with E-state index in [4.69, 9.17) is 4.74 Å². The van der Waals surface area contributed by atoms with Gasteiger partial charge in [-0.15, -0.1) is 0 Å². The number of piperidine rings is 1. The van der Waals surface area contributed by atoms with Gasteiger partial charge in [-0.3, -0.25) is 9.38 Å². The highest BCUT2D eigenvalue weighted by Gasteiger charge is 2.23. The van der Waals surface area contributed by atoms with Crippen LogP contribution in [-0.4, -0.2) is 45.8 Å². The molecule has 8 heteroatoms. The summed E-state index contributed by atoms with van der Waals surface area (Å²) in [5.41, 5.74) is 1.36. The maximum Gasteiger partial charge on any atom is 0.168 e. The smallest absolute Gasteiger partial charge is 0.168 e. The van der Waals surface area contributed by atoms with Crippen molar-refractivity contribution in [3.8, 4) is 17.0 Å². The zero-order chi connectivity index (χ0) is 18.3. The van der Waals surface area contributed by atoms with Crippen molar-refractivity contribution in [1.82, 2.24) is 14.4 Å². The third-order valence-electron chi connectivity index (χ3n) is 4.68. The molecule has 0 bridgehead atoms. The lowest BCUT2D eigenvalue weighted by molar-refractivity contribution is 0.145.